The molecular formula is C29H39NO3. The lowest BCUT2D eigenvalue weighted by Gasteiger charge is -2.20. The Morgan fingerprint density at radius 1 is 0.788 bits per heavy atom. The number of amides is 1. The summed E-state index contributed by atoms with van der Waals surface area (Å²) in [4.78, 5) is 37.6. The summed E-state index contributed by atoms with van der Waals surface area (Å²) in [7, 11) is 0. The van der Waals surface area contributed by atoms with Crippen LogP contribution in [-0.2, 0) is 31.6 Å². The molecule has 0 fully saturated rings. The maximum absolute atomic E-state index is 13.1. The van der Waals surface area contributed by atoms with Crippen LogP contribution in [0.4, 0.5) is 5.69 Å². The zero-order valence-electron chi connectivity index (χ0n) is 21.2. The fourth-order valence-corrected chi connectivity index (χ4v) is 3.72. The van der Waals surface area contributed by atoms with Gasteiger partial charge in [0.2, 0.25) is 5.91 Å². The van der Waals surface area contributed by atoms with Crippen molar-refractivity contribution in [1.82, 2.24) is 0 Å². The van der Waals surface area contributed by atoms with E-state index in [1.54, 1.807) is 0 Å². The molecule has 0 aliphatic carbocycles. The van der Waals surface area contributed by atoms with E-state index < -0.39 is 5.92 Å². The van der Waals surface area contributed by atoms with E-state index in [2.05, 4.69) is 46.9 Å². The Bertz CT molecular complexity index is 886. The number of nitrogens with one attached hydrogen (secondary N) is 1. The van der Waals surface area contributed by atoms with Crippen molar-refractivity contribution >= 4 is 23.2 Å². The number of carbonyl (C=O) groups excluding carboxylic acids is 3. The SMILES string of the molecule is CC(=O)CCCC(C(=O)Cc1ccc(C(C)(C)C)cc1)C(=O)Nc1ccc(C(C)(C)C)cc1. The second kappa shape index (κ2) is 10.9. The summed E-state index contributed by atoms with van der Waals surface area (Å²) >= 11 is 0. The predicted octanol–water partition coefficient (Wildman–Crippen LogP) is 6.41. The number of hydrogen-bond acceptors (Lipinski definition) is 3. The minimum absolute atomic E-state index is 0.0241. The maximum Gasteiger partial charge on any atom is 0.234 e. The van der Waals surface area contributed by atoms with Gasteiger partial charge in [0.1, 0.15) is 11.6 Å². The van der Waals surface area contributed by atoms with E-state index >= 15 is 0 Å². The third-order valence-corrected chi connectivity index (χ3v) is 5.94. The highest BCUT2D eigenvalue weighted by molar-refractivity contribution is 6.07. The molecule has 1 N–H and O–H groups in total. The molecule has 2 rings (SSSR count). The Balaban J connectivity index is 2.14. The maximum atomic E-state index is 13.1. The molecule has 0 heterocycles. The molecule has 1 atom stereocenters. The van der Waals surface area contributed by atoms with Gasteiger partial charge in [-0.1, -0.05) is 77.9 Å². The molecule has 2 aromatic carbocycles. The van der Waals surface area contributed by atoms with Crippen LogP contribution in [0.5, 0.6) is 0 Å². The quantitative estimate of drug-likeness (QED) is 0.450. The molecule has 2 aromatic rings. The van der Waals surface area contributed by atoms with Crippen molar-refractivity contribution in [2.24, 2.45) is 5.92 Å². The molecule has 0 saturated heterocycles. The molecule has 0 bridgehead atoms. The fourth-order valence-electron chi connectivity index (χ4n) is 3.72. The van der Waals surface area contributed by atoms with Crippen molar-refractivity contribution < 1.29 is 14.4 Å². The molecule has 1 amide bonds. The van der Waals surface area contributed by atoms with Gasteiger partial charge in [-0.3, -0.25) is 9.59 Å². The average molecular weight is 450 g/mol. The standard InChI is InChI=1S/C29H39NO3/c1-20(31)9-8-10-25(26(32)19-21-11-13-22(14-12-21)28(2,3)4)27(33)30-24-17-15-23(16-18-24)29(5,6)7/h11-18,25H,8-10,19H2,1-7H3,(H,30,33). The second-order valence-electron chi connectivity index (χ2n) is 11.1. The molecule has 0 spiro atoms. The number of benzene rings is 2. The fraction of sp³-hybridized carbons (Fsp3) is 0.483. The van der Waals surface area contributed by atoms with E-state index in [4.69, 9.17) is 0 Å². The number of ketones is 2. The highest BCUT2D eigenvalue weighted by Crippen LogP contribution is 2.25. The summed E-state index contributed by atoms with van der Waals surface area (Å²) < 4.78 is 0. The van der Waals surface area contributed by atoms with Crippen LogP contribution in [0, 0.1) is 5.92 Å². The molecule has 1 unspecified atom stereocenters. The zero-order valence-corrected chi connectivity index (χ0v) is 21.2. The molecule has 178 valence electrons. The van der Waals surface area contributed by atoms with E-state index in [1.807, 2.05) is 48.5 Å². The second-order valence-corrected chi connectivity index (χ2v) is 11.1. The number of Topliss-reactive ketones (excluding diaryl/α,β-unsaturated/α-hetero) is 2. The van der Waals surface area contributed by atoms with Crippen molar-refractivity contribution in [1.29, 1.82) is 0 Å². The average Bonchev–Trinajstić information content (AvgIpc) is 2.70. The van der Waals surface area contributed by atoms with Crippen molar-refractivity contribution in [3.05, 3.63) is 65.2 Å². The molecule has 0 aliphatic heterocycles. The first-order chi connectivity index (χ1) is 15.3. The lowest BCUT2D eigenvalue weighted by molar-refractivity contribution is -0.131. The molecule has 33 heavy (non-hydrogen) atoms. The van der Waals surface area contributed by atoms with Crippen molar-refractivity contribution in [2.75, 3.05) is 5.32 Å². The van der Waals surface area contributed by atoms with E-state index in [0.717, 1.165) is 5.56 Å². The Kier molecular flexibility index (Phi) is 8.76. The van der Waals surface area contributed by atoms with Gasteiger partial charge in [0, 0.05) is 18.5 Å². The van der Waals surface area contributed by atoms with Crippen molar-refractivity contribution in [3.63, 3.8) is 0 Å². The van der Waals surface area contributed by atoms with E-state index in [0.29, 0.717) is 24.9 Å². The highest BCUT2D eigenvalue weighted by atomic mass is 16.2. The van der Waals surface area contributed by atoms with Crippen LogP contribution in [0.3, 0.4) is 0 Å². The normalized spacial score (nSPS) is 12.8. The summed E-state index contributed by atoms with van der Waals surface area (Å²) in [5.74, 6) is -1.14. The number of carbonyl (C=O) groups is 3. The monoisotopic (exact) mass is 449 g/mol. The van der Waals surface area contributed by atoms with Gasteiger partial charge in [-0.2, -0.15) is 0 Å². The third kappa shape index (κ3) is 8.27. The molecule has 0 aromatic heterocycles. The number of anilines is 1. The van der Waals surface area contributed by atoms with Gasteiger partial charge in [0.05, 0.1) is 5.92 Å². The Labute approximate surface area is 199 Å². The molecule has 0 radical (unpaired) electrons. The van der Waals surface area contributed by atoms with Crippen LogP contribution in [-0.4, -0.2) is 17.5 Å². The summed E-state index contributed by atoms with van der Waals surface area (Å²) in [6.07, 6.45) is 1.46. The summed E-state index contributed by atoms with van der Waals surface area (Å²) in [6.45, 7) is 14.4. The lowest BCUT2D eigenvalue weighted by Crippen LogP contribution is -2.31. The molecule has 0 saturated carbocycles. The smallest absolute Gasteiger partial charge is 0.234 e. The van der Waals surface area contributed by atoms with Crippen molar-refractivity contribution in [2.45, 2.75) is 85.0 Å². The van der Waals surface area contributed by atoms with Crippen LogP contribution < -0.4 is 5.32 Å². The minimum Gasteiger partial charge on any atom is -0.325 e. The van der Waals surface area contributed by atoms with E-state index in [1.165, 1.54) is 18.1 Å². The van der Waals surface area contributed by atoms with Gasteiger partial charge in [-0.15, -0.1) is 0 Å². The predicted molar refractivity (Wildman–Crippen MR) is 136 cm³/mol. The first-order valence-corrected chi connectivity index (χ1v) is 11.8. The van der Waals surface area contributed by atoms with Crippen LogP contribution >= 0.6 is 0 Å². The minimum atomic E-state index is -0.783. The van der Waals surface area contributed by atoms with Gasteiger partial charge < -0.3 is 10.1 Å². The number of hydrogen-bond donors (Lipinski definition) is 1. The Morgan fingerprint density at radius 3 is 1.73 bits per heavy atom. The number of rotatable bonds is 9. The van der Waals surface area contributed by atoms with E-state index in [-0.39, 0.29) is 34.7 Å². The van der Waals surface area contributed by atoms with Crippen LogP contribution in [0.2, 0.25) is 0 Å². The van der Waals surface area contributed by atoms with Gasteiger partial charge in [0.25, 0.3) is 0 Å². The van der Waals surface area contributed by atoms with Crippen LogP contribution in [0.15, 0.2) is 48.5 Å². The summed E-state index contributed by atoms with van der Waals surface area (Å²) in [5, 5.41) is 2.91. The molecule has 4 heteroatoms. The molecular weight excluding hydrogens is 410 g/mol. The highest BCUT2D eigenvalue weighted by Gasteiger charge is 2.27. The van der Waals surface area contributed by atoms with Crippen LogP contribution in [0.1, 0.15) is 84.4 Å². The Morgan fingerprint density at radius 2 is 1.27 bits per heavy atom. The first kappa shape index (κ1) is 26.5. The van der Waals surface area contributed by atoms with Crippen molar-refractivity contribution in [3.8, 4) is 0 Å². The zero-order chi connectivity index (χ0) is 24.8. The van der Waals surface area contributed by atoms with Gasteiger partial charge in [-0.05, 0) is 59.4 Å². The largest absolute Gasteiger partial charge is 0.325 e. The van der Waals surface area contributed by atoms with Crippen LogP contribution in [0.25, 0.3) is 0 Å². The van der Waals surface area contributed by atoms with E-state index in [9.17, 15) is 14.4 Å². The van der Waals surface area contributed by atoms with Gasteiger partial charge in [-0.25, -0.2) is 0 Å². The third-order valence-electron chi connectivity index (χ3n) is 5.94. The topological polar surface area (TPSA) is 63.2 Å². The van der Waals surface area contributed by atoms with Gasteiger partial charge in [0.15, 0.2) is 0 Å². The Hall–Kier alpha value is -2.75. The summed E-state index contributed by atoms with van der Waals surface area (Å²) in [6, 6.07) is 15.8. The first-order valence-electron chi connectivity index (χ1n) is 11.8. The summed E-state index contributed by atoms with van der Waals surface area (Å²) in [5.41, 5.74) is 4.01. The lowest BCUT2D eigenvalue weighted by atomic mass is 9.85. The molecule has 4 nitrogen and oxygen atoms in total. The molecule has 0 aliphatic rings. The van der Waals surface area contributed by atoms with Gasteiger partial charge >= 0.3 is 0 Å².